The van der Waals surface area contributed by atoms with Crippen molar-refractivity contribution in [1.82, 2.24) is 9.80 Å². The van der Waals surface area contributed by atoms with Crippen LogP contribution in [0.1, 0.15) is 23.0 Å². The van der Waals surface area contributed by atoms with Crippen LogP contribution in [0, 0.1) is 0 Å². The van der Waals surface area contributed by atoms with Crippen LogP contribution in [-0.4, -0.2) is 51.4 Å². The molecule has 2 fully saturated rings. The smallest absolute Gasteiger partial charge is 0.251 e. The minimum atomic E-state index is -1.32. The first-order valence-corrected chi connectivity index (χ1v) is 12.0. The molecule has 8 nitrogen and oxygen atoms in total. The van der Waals surface area contributed by atoms with Gasteiger partial charge in [-0.15, -0.1) is 0 Å². The number of fused-ring (bicyclic) bond motifs is 3. The van der Waals surface area contributed by atoms with Gasteiger partial charge in [0, 0.05) is 17.8 Å². The zero-order valence-electron chi connectivity index (χ0n) is 18.4. The van der Waals surface area contributed by atoms with Crippen LogP contribution in [-0.2, 0) is 21.7 Å². The van der Waals surface area contributed by atoms with Gasteiger partial charge in [0.05, 0.1) is 32.1 Å². The lowest BCUT2D eigenvalue weighted by molar-refractivity contribution is -0.138. The van der Waals surface area contributed by atoms with Gasteiger partial charge in [-0.2, -0.15) is 0 Å². The largest absolute Gasteiger partial charge is 0.497 e. The number of hydrogen-bond donors (Lipinski definition) is 1. The van der Waals surface area contributed by atoms with Crippen LogP contribution in [0.15, 0.2) is 63.8 Å². The van der Waals surface area contributed by atoms with Crippen LogP contribution in [0.3, 0.4) is 0 Å². The summed E-state index contributed by atoms with van der Waals surface area (Å²) in [6.45, 7) is 0.615. The van der Waals surface area contributed by atoms with Crippen molar-refractivity contribution in [1.29, 1.82) is 0 Å². The van der Waals surface area contributed by atoms with Crippen molar-refractivity contribution in [3.63, 3.8) is 0 Å². The highest BCUT2D eigenvalue weighted by atomic mass is 32.2. The predicted molar refractivity (Wildman–Crippen MR) is 130 cm³/mol. The van der Waals surface area contributed by atoms with Gasteiger partial charge in [0.2, 0.25) is 5.91 Å². The van der Waals surface area contributed by atoms with E-state index in [4.69, 9.17) is 25.8 Å². The number of likely N-dealkylation sites (N-methyl/N-ethyl adjacent to an activating group) is 1. The Hall–Kier alpha value is -3.08. The summed E-state index contributed by atoms with van der Waals surface area (Å²) in [6, 6.07) is 12.7. The number of furan rings is 2. The number of hydrogen-bond acceptors (Lipinski definition) is 8. The van der Waals surface area contributed by atoms with Crippen molar-refractivity contribution >= 4 is 45.8 Å². The van der Waals surface area contributed by atoms with Crippen molar-refractivity contribution in [2.24, 2.45) is 0 Å². The number of carbonyl (C=O) groups excluding carboxylic acids is 2. The Morgan fingerprint density at radius 2 is 2.00 bits per heavy atom. The summed E-state index contributed by atoms with van der Waals surface area (Å²) in [4.78, 5) is 31.9. The SMILES string of the molecule is COc1ccc2c(c1)[C@]1(C(=O)N2)N(C)C[C@H](c2ccco2)[C@]12SC(=S)N(Cc1ccco1)C2=O. The molecule has 34 heavy (non-hydrogen) atoms. The van der Waals surface area contributed by atoms with Crippen LogP contribution < -0.4 is 10.1 Å². The summed E-state index contributed by atoms with van der Waals surface area (Å²) in [5, 5.41) is 3.01. The molecule has 0 aliphatic carbocycles. The van der Waals surface area contributed by atoms with Gasteiger partial charge in [0.1, 0.15) is 26.3 Å². The van der Waals surface area contributed by atoms with Gasteiger partial charge in [0.15, 0.2) is 5.54 Å². The molecule has 2 spiro atoms. The third-order valence-corrected chi connectivity index (χ3v) is 9.00. The Morgan fingerprint density at radius 1 is 1.21 bits per heavy atom. The number of likely N-dealkylation sites (tertiary alicyclic amines) is 1. The Kier molecular flexibility index (Phi) is 4.71. The quantitative estimate of drug-likeness (QED) is 0.550. The van der Waals surface area contributed by atoms with Crippen molar-refractivity contribution in [3.8, 4) is 5.75 Å². The lowest BCUT2D eigenvalue weighted by Gasteiger charge is -2.41. The third kappa shape index (κ3) is 2.56. The van der Waals surface area contributed by atoms with E-state index in [0.717, 1.165) is 0 Å². The highest BCUT2D eigenvalue weighted by molar-refractivity contribution is 8.25. The van der Waals surface area contributed by atoms with Gasteiger partial charge in [-0.05, 0) is 49.5 Å². The lowest BCUT2D eigenvalue weighted by Crippen LogP contribution is -2.61. The number of nitrogens with zero attached hydrogens (tertiary/aromatic N) is 2. The standard InChI is InChI=1S/C24H21N3O5S2/c1-26-13-17(19-6-4-10-32-19)24(21(29)27(22(33)34-24)12-15-5-3-9-31-15)23(26)16-11-14(30-2)7-8-18(16)25-20(23)28/h3-11,17H,12-13H2,1-2H3,(H,25,28)/t17-,23-,24-/m1/s1. The highest BCUT2D eigenvalue weighted by Gasteiger charge is 2.78. The molecule has 0 saturated carbocycles. The molecule has 1 aromatic carbocycles. The molecule has 2 saturated heterocycles. The first-order chi connectivity index (χ1) is 16.4. The van der Waals surface area contributed by atoms with E-state index < -0.39 is 16.2 Å². The topological polar surface area (TPSA) is 88.2 Å². The molecule has 2 aromatic heterocycles. The maximum atomic E-state index is 14.5. The summed E-state index contributed by atoms with van der Waals surface area (Å²) < 4.78 is 15.9. The molecular weight excluding hydrogens is 474 g/mol. The number of rotatable bonds is 4. The average Bonchev–Trinajstić information content (AvgIpc) is 3.63. The number of anilines is 1. The van der Waals surface area contributed by atoms with Gasteiger partial charge < -0.3 is 18.9 Å². The Labute approximate surface area is 205 Å². The van der Waals surface area contributed by atoms with Crippen molar-refractivity contribution < 1.29 is 23.2 Å². The number of thioether (sulfide) groups is 1. The number of nitrogens with one attached hydrogen (secondary N) is 1. The zero-order valence-corrected chi connectivity index (χ0v) is 20.1. The molecule has 3 aromatic rings. The van der Waals surface area contributed by atoms with Crippen LogP contribution in [0.25, 0.3) is 0 Å². The van der Waals surface area contributed by atoms with Crippen molar-refractivity contribution in [2.45, 2.75) is 22.7 Å². The molecule has 3 atom stereocenters. The molecule has 3 aliphatic rings. The second-order valence-corrected chi connectivity index (χ2v) is 10.5. The van der Waals surface area contributed by atoms with Gasteiger partial charge in [0.25, 0.3) is 5.91 Å². The molecule has 6 rings (SSSR count). The lowest BCUT2D eigenvalue weighted by atomic mass is 9.73. The van der Waals surface area contributed by atoms with E-state index in [0.29, 0.717) is 39.4 Å². The second kappa shape index (κ2) is 7.46. The minimum Gasteiger partial charge on any atom is -0.497 e. The Morgan fingerprint density at radius 3 is 2.71 bits per heavy atom. The summed E-state index contributed by atoms with van der Waals surface area (Å²) in [5.41, 5.74) is 0.0238. The fourth-order valence-corrected chi connectivity index (χ4v) is 7.77. The summed E-state index contributed by atoms with van der Waals surface area (Å²) in [5.74, 6) is 0.918. The monoisotopic (exact) mass is 495 g/mol. The maximum Gasteiger partial charge on any atom is 0.251 e. The number of ether oxygens (including phenoxy) is 1. The van der Waals surface area contributed by atoms with Gasteiger partial charge in [-0.25, -0.2) is 0 Å². The summed E-state index contributed by atoms with van der Waals surface area (Å²) >= 11 is 7.01. The van der Waals surface area contributed by atoms with E-state index in [2.05, 4.69) is 5.32 Å². The molecule has 0 bridgehead atoms. The van der Waals surface area contributed by atoms with E-state index in [9.17, 15) is 9.59 Å². The van der Waals surface area contributed by atoms with E-state index in [-0.39, 0.29) is 18.4 Å². The average molecular weight is 496 g/mol. The van der Waals surface area contributed by atoms with Crippen molar-refractivity contribution in [3.05, 3.63) is 72.1 Å². The van der Waals surface area contributed by atoms with Crippen LogP contribution in [0.5, 0.6) is 5.75 Å². The van der Waals surface area contributed by atoms with Crippen molar-refractivity contribution in [2.75, 3.05) is 26.0 Å². The Balaban J connectivity index is 1.59. The summed E-state index contributed by atoms with van der Waals surface area (Å²) in [7, 11) is 3.44. The molecular formula is C24H21N3O5S2. The predicted octanol–water partition coefficient (Wildman–Crippen LogP) is 3.56. The zero-order chi connectivity index (χ0) is 23.7. The van der Waals surface area contributed by atoms with Gasteiger partial charge in [-0.3, -0.25) is 19.4 Å². The first kappa shape index (κ1) is 21.5. The number of amides is 2. The van der Waals surface area contributed by atoms with Gasteiger partial charge >= 0.3 is 0 Å². The fourth-order valence-electron chi connectivity index (χ4n) is 5.66. The molecule has 10 heteroatoms. The molecule has 1 N–H and O–H groups in total. The number of carbonyl (C=O) groups is 2. The van der Waals surface area contributed by atoms with Crippen LogP contribution in [0.4, 0.5) is 5.69 Å². The highest BCUT2D eigenvalue weighted by Crippen LogP contribution is 2.66. The van der Waals surface area contributed by atoms with Gasteiger partial charge in [-0.1, -0.05) is 24.0 Å². The molecule has 5 heterocycles. The molecule has 0 radical (unpaired) electrons. The second-order valence-electron chi connectivity index (χ2n) is 8.60. The van der Waals surface area contributed by atoms with E-state index in [1.807, 2.05) is 30.1 Å². The molecule has 174 valence electrons. The molecule has 3 aliphatic heterocycles. The molecule has 2 amide bonds. The first-order valence-electron chi connectivity index (χ1n) is 10.8. The number of thiocarbonyl (C=S) groups is 1. The fraction of sp³-hybridized carbons (Fsp3) is 0.292. The van der Waals surface area contributed by atoms with E-state index in [1.54, 1.807) is 48.8 Å². The summed E-state index contributed by atoms with van der Waals surface area (Å²) in [6.07, 6.45) is 3.15. The number of methoxy groups -OCH3 is 1. The Bertz CT molecular complexity index is 1310. The maximum absolute atomic E-state index is 14.5. The minimum absolute atomic E-state index is 0.191. The normalized spacial score (nSPS) is 28.4. The van der Waals surface area contributed by atoms with Crippen LogP contribution in [0.2, 0.25) is 0 Å². The molecule has 0 unspecified atom stereocenters. The number of benzene rings is 1. The third-order valence-electron chi connectivity index (χ3n) is 7.06. The van der Waals surface area contributed by atoms with E-state index in [1.165, 1.54) is 11.8 Å². The van der Waals surface area contributed by atoms with E-state index >= 15 is 0 Å². The van der Waals surface area contributed by atoms with Crippen LogP contribution >= 0.6 is 24.0 Å².